The molecule has 0 bridgehead atoms. The number of rotatable bonds is 5. The van der Waals surface area contributed by atoms with Gasteiger partial charge in [-0.15, -0.1) is 0 Å². The molecule has 1 heterocycles. The van der Waals surface area contributed by atoms with Gasteiger partial charge in [-0.3, -0.25) is 0 Å². The quantitative estimate of drug-likeness (QED) is 0.853. The summed E-state index contributed by atoms with van der Waals surface area (Å²) in [5, 5.41) is 3.34. The van der Waals surface area contributed by atoms with Gasteiger partial charge in [-0.2, -0.15) is 0 Å². The normalized spacial score (nSPS) is 19.5. The van der Waals surface area contributed by atoms with Crippen molar-refractivity contribution in [3.8, 4) is 5.75 Å². The van der Waals surface area contributed by atoms with Crippen LogP contribution in [0.5, 0.6) is 5.75 Å². The molecule has 1 aromatic rings. The van der Waals surface area contributed by atoms with Gasteiger partial charge in [0.05, 0.1) is 20.3 Å². The summed E-state index contributed by atoms with van der Waals surface area (Å²) < 4.78 is 24.0. The topological polar surface area (TPSA) is 30.5 Å². The Kier molecular flexibility index (Phi) is 4.34. The molecule has 0 aromatic heterocycles. The number of ether oxygens (including phenoxy) is 2. The van der Waals surface area contributed by atoms with Gasteiger partial charge in [0.1, 0.15) is 11.6 Å². The SMILES string of the molecule is COc1ccc(COCC2CCCN2)c(F)c1. The maximum Gasteiger partial charge on any atom is 0.132 e. The van der Waals surface area contributed by atoms with Crippen LogP contribution in [-0.4, -0.2) is 26.3 Å². The van der Waals surface area contributed by atoms with Gasteiger partial charge < -0.3 is 14.8 Å². The Balaban J connectivity index is 1.81. The van der Waals surface area contributed by atoms with E-state index < -0.39 is 0 Å². The summed E-state index contributed by atoms with van der Waals surface area (Å²) in [6.07, 6.45) is 2.34. The first-order valence-corrected chi connectivity index (χ1v) is 5.93. The van der Waals surface area contributed by atoms with Crippen molar-refractivity contribution in [2.75, 3.05) is 20.3 Å². The average molecular weight is 239 g/mol. The summed E-state index contributed by atoms with van der Waals surface area (Å²) >= 11 is 0. The van der Waals surface area contributed by atoms with E-state index in [-0.39, 0.29) is 5.82 Å². The molecule has 1 atom stereocenters. The lowest BCUT2D eigenvalue weighted by Crippen LogP contribution is -2.26. The largest absolute Gasteiger partial charge is 0.497 e. The molecule has 2 rings (SSSR count). The van der Waals surface area contributed by atoms with Crippen LogP contribution in [0.3, 0.4) is 0 Å². The highest BCUT2D eigenvalue weighted by molar-refractivity contribution is 5.28. The van der Waals surface area contributed by atoms with Crippen molar-refractivity contribution in [2.45, 2.75) is 25.5 Å². The van der Waals surface area contributed by atoms with Crippen LogP contribution in [0.2, 0.25) is 0 Å². The maximum atomic E-state index is 13.6. The molecule has 94 valence electrons. The molecule has 1 saturated heterocycles. The van der Waals surface area contributed by atoms with Crippen molar-refractivity contribution in [2.24, 2.45) is 0 Å². The predicted octanol–water partition coefficient (Wildman–Crippen LogP) is 2.10. The van der Waals surface area contributed by atoms with Crippen LogP contribution in [0.25, 0.3) is 0 Å². The molecule has 3 nitrogen and oxygen atoms in total. The van der Waals surface area contributed by atoms with E-state index in [0.29, 0.717) is 30.6 Å². The Bertz CT molecular complexity index is 364. The zero-order valence-corrected chi connectivity index (χ0v) is 10.0. The highest BCUT2D eigenvalue weighted by Crippen LogP contribution is 2.17. The molecule has 1 aliphatic heterocycles. The van der Waals surface area contributed by atoms with Crippen LogP contribution >= 0.6 is 0 Å². The van der Waals surface area contributed by atoms with Crippen molar-refractivity contribution in [1.82, 2.24) is 5.32 Å². The molecule has 0 spiro atoms. The second kappa shape index (κ2) is 5.98. The van der Waals surface area contributed by atoms with E-state index >= 15 is 0 Å². The second-order valence-electron chi connectivity index (χ2n) is 4.27. The Labute approximate surface area is 101 Å². The van der Waals surface area contributed by atoms with E-state index in [1.807, 2.05) is 0 Å². The molecular weight excluding hydrogens is 221 g/mol. The lowest BCUT2D eigenvalue weighted by molar-refractivity contribution is 0.101. The highest BCUT2D eigenvalue weighted by atomic mass is 19.1. The van der Waals surface area contributed by atoms with Gasteiger partial charge in [0.15, 0.2) is 0 Å². The van der Waals surface area contributed by atoms with Crippen LogP contribution in [0.4, 0.5) is 4.39 Å². The number of nitrogens with one attached hydrogen (secondary N) is 1. The highest BCUT2D eigenvalue weighted by Gasteiger charge is 2.14. The third kappa shape index (κ3) is 3.41. The monoisotopic (exact) mass is 239 g/mol. The number of halogens is 1. The fourth-order valence-electron chi connectivity index (χ4n) is 1.98. The average Bonchev–Trinajstić information content (AvgIpc) is 2.84. The molecular formula is C13H18FNO2. The van der Waals surface area contributed by atoms with Gasteiger partial charge in [-0.1, -0.05) is 6.07 Å². The van der Waals surface area contributed by atoms with Crippen molar-refractivity contribution in [3.05, 3.63) is 29.6 Å². The summed E-state index contributed by atoms with van der Waals surface area (Å²) in [5.74, 6) is 0.257. The minimum Gasteiger partial charge on any atom is -0.497 e. The smallest absolute Gasteiger partial charge is 0.132 e. The van der Waals surface area contributed by atoms with Crippen LogP contribution < -0.4 is 10.1 Å². The molecule has 0 aliphatic carbocycles. The summed E-state index contributed by atoms with van der Waals surface area (Å²) in [5.41, 5.74) is 0.573. The Morgan fingerprint density at radius 2 is 2.35 bits per heavy atom. The standard InChI is InChI=1S/C13H18FNO2/c1-16-12-5-4-10(13(14)7-12)8-17-9-11-3-2-6-15-11/h4-5,7,11,15H,2-3,6,8-9H2,1H3. The van der Waals surface area contributed by atoms with Crippen molar-refractivity contribution < 1.29 is 13.9 Å². The fraction of sp³-hybridized carbons (Fsp3) is 0.538. The van der Waals surface area contributed by atoms with Gasteiger partial charge in [0.2, 0.25) is 0 Å². The van der Waals surface area contributed by atoms with E-state index in [2.05, 4.69) is 5.32 Å². The van der Waals surface area contributed by atoms with Crippen molar-refractivity contribution >= 4 is 0 Å². The Morgan fingerprint density at radius 1 is 1.47 bits per heavy atom. The van der Waals surface area contributed by atoms with Crippen LogP contribution in [0.15, 0.2) is 18.2 Å². The van der Waals surface area contributed by atoms with E-state index in [9.17, 15) is 4.39 Å². The zero-order valence-electron chi connectivity index (χ0n) is 10.0. The van der Waals surface area contributed by atoms with Crippen LogP contribution in [-0.2, 0) is 11.3 Å². The number of hydrogen-bond acceptors (Lipinski definition) is 3. The lowest BCUT2D eigenvalue weighted by Gasteiger charge is -2.11. The summed E-state index contributed by atoms with van der Waals surface area (Å²) in [6.45, 7) is 2.02. The van der Waals surface area contributed by atoms with Gasteiger partial charge in [-0.05, 0) is 25.5 Å². The van der Waals surface area contributed by atoms with Gasteiger partial charge >= 0.3 is 0 Å². The third-order valence-corrected chi connectivity index (χ3v) is 3.00. The van der Waals surface area contributed by atoms with Crippen molar-refractivity contribution in [3.63, 3.8) is 0 Å². The number of hydrogen-bond donors (Lipinski definition) is 1. The Hall–Kier alpha value is -1.13. The zero-order chi connectivity index (χ0) is 12.1. The van der Waals surface area contributed by atoms with Gasteiger partial charge in [0.25, 0.3) is 0 Å². The molecule has 1 aromatic carbocycles. The van der Waals surface area contributed by atoms with Crippen LogP contribution in [0, 0.1) is 5.82 Å². The van der Waals surface area contributed by atoms with Crippen molar-refractivity contribution in [1.29, 1.82) is 0 Å². The third-order valence-electron chi connectivity index (χ3n) is 3.00. The molecule has 0 saturated carbocycles. The van der Waals surface area contributed by atoms with Crippen LogP contribution in [0.1, 0.15) is 18.4 Å². The first-order valence-electron chi connectivity index (χ1n) is 5.93. The van der Waals surface area contributed by atoms with E-state index in [4.69, 9.17) is 9.47 Å². The molecule has 1 N–H and O–H groups in total. The first-order chi connectivity index (χ1) is 8.29. The minimum absolute atomic E-state index is 0.274. The Morgan fingerprint density at radius 3 is 3.00 bits per heavy atom. The lowest BCUT2D eigenvalue weighted by atomic mass is 10.2. The second-order valence-corrected chi connectivity index (χ2v) is 4.27. The minimum atomic E-state index is -0.274. The summed E-state index contributed by atoms with van der Waals surface area (Å²) in [6, 6.07) is 5.26. The summed E-state index contributed by atoms with van der Waals surface area (Å²) in [4.78, 5) is 0. The molecule has 17 heavy (non-hydrogen) atoms. The van der Waals surface area contributed by atoms with E-state index in [1.54, 1.807) is 12.1 Å². The molecule has 1 fully saturated rings. The molecule has 4 heteroatoms. The first kappa shape index (κ1) is 12.3. The molecule has 1 aliphatic rings. The number of benzene rings is 1. The summed E-state index contributed by atoms with van der Waals surface area (Å²) in [7, 11) is 1.52. The van der Waals surface area contributed by atoms with E-state index in [1.165, 1.54) is 19.6 Å². The predicted molar refractivity (Wildman–Crippen MR) is 63.6 cm³/mol. The van der Waals surface area contributed by atoms with Gasteiger partial charge in [0, 0.05) is 17.7 Å². The molecule has 0 radical (unpaired) electrons. The molecule has 1 unspecified atom stereocenters. The fourth-order valence-corrected chi connectivity index (χ4v) is 1.98. The van der Waals surface area contributed by atoms with E-state index in [0.717, 1.165) is 13.0 Å². The van der Waals surface area contributed by atoms with Gasteiger partial charge in [-0.25, -0.2) is 4.39 Å². The molecule has 0 amide bonds. The maximum absolute atomic E-state index is 13.6. The number of methoxy groups -OCH3 is 1.